The number of nitrogens with zero attached hydrogens (tertiary/aromatic N) is 3. The summed E-state index contributed by atoms with van der Waals surface area (Å²) < 4.78 is 5.39. The van der Waals surface area contributed by atoms with Crippen molar-refractivity contribution in [3.8, 4) is 0 Å². The van der Waals surface area contributed by atoms with Gasteiger partial charge < -0.3 is 15.0 Å². The summed E-state index contributed by atoms with van der Waals surface area (Å²) in [6.45, 7) is 7.96. The third-order valence-electron chi connectivity index (χ3n) is 4.29. The SMILES string of the molecule is Cc1ncc(CNC(=O)N2CCC[C@H]2CN2CCOCC2)s1. The van der Waals surface area contributed by atoms with E-state index in [1.54, 1.807) is 11.3 Å². The molecule has 1 aromatic heterocycles. The van der Waals surface area contributed by atoms with E-state index in [0.29, 0.717) is 12.6 Å². The average Bonchev–Trinajstić information content (AvgIpc) is 3.15. The first-order valence-electron chi connectivity index (χ1n) is 7.98. The van der Waals surface area contributed by atoms with Crippen LogP contribution in [0.5, 0.6) is 0 Å². The van der Waals surface area contributed by atoms with Crippen molar-refractivity contribution in [1.82, 2.24) is 20.1 Å². The van der Waals surface area contributed by atoms with Gasteiger partial charge in [-0.1, -0.05) is 0 Å². The largest absolute Gasteiger partial charge is 0.379 e. The molecule has 7 heteroatoms. The molecule has 2 aliphatic rings. The lowest BCUT2D eigenvalue weighted by Crippen LogP contribution is -2.49. The van der Waals surface area contributed by atoms with Crippen molar-refractivity contribution in [3.05, 3.63) is 16.1 Å². The van der Waals surface area contributed by atoms with Crippen LogP contribution in [0.25, 0.3) is 0 Å². The lowest BCUT2D eigenvalue weighted by atomic mass is 10.2. The van der Waals surface area contributed by atoms with E-state index in [1.165, 1.54) is 0 Å². The third-order valence-corrected chi connectivity index (χ3v) is 5.21. The van der Waals surface area contributed by atoms with Crippen LogP contribution in [0, 0.1) is 6.92 Å². The average molecular weight is 324 g/mol. The van der Waals surface area contributed by atoms with Crippen LogP contribution in [0.1, 0.15) is 22.7 Å². The van der Waals surface area contributed by atoms with Gasteiger partial charge in [0.15, 0.2) is 0 Å². The number of thiazole rings is 1. The van der Waals surface area contributed by atoms with Crippen LogP contribution in [0.15, 0.2) is 6.20 Å². The molecule has 2 aliphatic heterocycles. The van der Waals surface area contributed by atoms with Gasteiger partial charge in [0.2, 0.25) is 0 Å². The Kier molecular flexibility index (Phi) is 5.28. The summed E-state index contributed by atoms with van der Waals surface area (Å²) in [6.07, 6.45) is 4.04. The normalized spacial score (nSPS) is 23.0. The van der Waals surface area contributed by atoms with E-state index < -0.39 is 0 Å². The Bertz CT molecular complexity index is 501. The van der Waals surface area contributed by atoms with Crippen molar-refractivity contribution in [2.45, 2.75) is 32.4 Å². The van der Waals surface area contributed by atoms with E-state index in [9.17, 15) is 4.79 Å². The van der Waals surface area contributed by atoms with Crippen LogP contribution in [0.4, 0.5) is 4.79 Å². The third kappa shape index (κ3) is 3.97. The highest BCUT2D eigenvalue weighted by molar-refractivity contribution is 7.11. The number of ether oxygens (including phenoxy) is 1. The number of hydrogen-bond acceptors (Lipinski definition) is 5. The monoisotopic (exact) mass is 324 g/mol. The minimum absolute atomic E-state index is 0.0572. The molecule has 2 amide bonds. The summed E-state index contributed by atoms with van der Waals surface area (Å²) in [6, 6.07) is 0.392. The number of urea groups is 1. The quantitative estimate of drug-likeness (QED) is 0.911. The fourth-order valence-electron chi connectivity index (χ4n) is 3.13. The minimum Gasteiger partial charge on any atom is -0.379 e. The molecular weight excluding hydrogens is 300 g/mol. The summed E-state index contributed by atoms with van der Waals surface area (Å²) in [4.78, 5) is 22.2. The molecule has 2 fully saturated rings. The number of morpholine rings is 1. The lowest BCUT2D eigenvalue weighted by Gasteiger charge is -2.32. The second kappa shape index (κ2) is 7.39. The lowest BCUT2D eigenvalue weighted by molar-refractivity contribution is 0.0292. The zero-order chi connectivity index (χ0) is 15.4. The Labute approximate surface area is 135 Å². The highest BCUT2D eigenvalue weighted by Gasteiger charge is 2.30. The number of likely N-dealkylation sites (tertiary alicyclic amines) is 1. The fourth-order valence-corrected chi connectivity index (χ4v) is 3.86. The van der Waals surface area contributed by atoms with Gasteiger partial charge in [-0.25, -0.2) is 9.78 Å². The maximum Gasteiger partial charge on any atom is 0.317 e. The molecule has 0 aliphatic carbocycles. The van der Waals surface area contributed by atoms with Crippen molar-refractivity contribution in [2.24, 2.45) is 0 Å². The molecule has 6 nitrogen and oxygen atoms in total. The molecule has 1 aromatic rings. The van der Waals surface area contributed by atoms with Gasteiger partial charge in [0, 0.05) is 43.3 Å². The van der Waals surface area contributed by atoms with E-state index >= 15 is 0 Å². The van der Waals surface area contributed by atoms with Crippen LogP contribution >= 0.6 is 11.3 Å². The maximum atomic E-state index is 12.4. The number of rotatable bonds is 4. The van der Waals surface area contributed by atoms with E-state index in [-0.39, 0.29) is 6.03 Å². The van der Waals surface area contributed by atoms with Crippen molar-refractivity contribution in [2.75, 3.05) is 39.4 Å². The highest BCUT2D eigenvalue weighted by Crippen LogP contribution is 2.19. The van der Waals surface area contributed by atoms with Gasteiger partial charge in [-0.2, -0.15) is 0 Å². The van der Waals surface area contributed by atoms with Gasteiger partial charge >= 0.3 is 6.03 Å². The second-order valence-electron chi connectivity index (χ2n) is 5.91. The Hall–Kier alpha value is -1.18. The van der Waals surface area contributed by atoms with E-state index in [4.69, 9.17) is 4.74 Å². The van der Waals surface area contributed by atoms with Gasteiger partial charge in [-0.3, -0.25) is 4.90 Å². The first-order valence-corrected chi connectivity index (χ1v) is 8.80. The van der Waals surface area contributed by atoms with Gasteiger partial charge in [-0.05, 0) is 19.8 Å². The van der Waals surface area contributed by atoms with Gasteiger partial charge in [0.05, 0.1) is 24.8 Å². The molecule has 1 atom stereocenters. The molecule has 122 valence electrons. The molecule has 1 N–H and O–H groups in total. The smallest absolute Gasteiger partial charge is 0.317 e. The molecule has 3 heterocycles. The standard InChI is InChI=1S/C15H24N4O2S/c1-12-16-9-14(22-12)10-17-15(20)19-4-2-3-13(19)11-18-5-7-21-8-6-18/h9,13H,2-8,10-11H2,1H3,(H,17,20)/t13-/m0/s1. The van der Waals surface area contributed by atoms with E-state index in [0.717, 1.165) is 62.1 Å². The maximum absolute atomic E-state index is 12.4. The number of carbonyl (C=O) groups excluding carboxylic acids is 1. The fraction of sp³-hybridized carbons (Fsp3) is 0.733. The van der Waals surface area contributed by atoms with Gasteiger partial charge in [0.1, 0.15) is 0 Å². The first-order chi connectivity index (χ1) is 10.7. The van der Waals surface area contributed by atoms with Gasteiger partial charge in [-0.15, -0.1) is 11.3 Å². The summed E-state index contributed by atoms with van der Waals surface area (Å²) in [7, 11) is 0. The molecule has 2 saturated heterocycles. The van der Waals surface area contributed by atoms with Crippen molar-refractivity contribution in [1.29, 1.82) is 0 Å². The first kappa shape index (κ1) is 15.7. The Morgan fingerprint density at radius 2 is 2.27 bits per heavy atom. The number of carbonyl (C=O) groups is 1. The number of amides is 2. The van der Waals surface area contributed by atoms with Crippen molar-refractivity contribution in [3.63, 3.8) is 0 Å². The summed E-state index contributed by atoms with van der Waals surface area (Å²) in [5.74, 6) is 0. The zero-order valence-electron chi connectivity index (χ0n) is 13.1. The van der Waals surface area contributed by atoms with Gasteiger partial charge in [0.25, 0.3) is 0 Å². The number of aromatic nitrogens is 1. The predicted molar refractivity (Wildman–Crippen MR) is 86.1 cm³/mol. The molecule has 0 radical (unpaired) electrons. The zero-order valence-corrected chi connectivity index (χ0v) is 13.9. The van der Waals surface area contributed by atoms with Crippen molar-refractivity contribution >= 4 is 17.4 Å². The molecule has 0 aromatic carbocycles. The molecule has 3 rings (SSSR count). The predicted octanol–water partition coefficient (Wildman–Crippen LogP) is 1.46. The van der Waals surface area contributed by atoms with Crippen LogP contribution in [-0.2, 0) is 11.3 Å². The Morgan fingerprint density at radius 1 is 1.45 bits per heavy atom. The Morgan fingerprint density at radius 3 is 3.00 bits per heavy atom. The van der Waals surface area contributed by atoms with Crippen LogP contribution in [0.3, 0.4) is 0 Å². The highest BCUT2D eigenvalue weighted by atomic mass is 32.1. The van der Waals surface area contributed by atoms with E-state index in [2.05, 4.69) is 15.2 Å². The summed E-state index contributed by atoms with van der Waals surface area (Å²) in [5, 5.41) is 4.07. The number of aryl methyl sites for hydroxylation is 1. The summed E-state index contributed by atoms with van der Waals surface area (Å²) >= 11 is 1.64. The second-order valence-corrected chi connectivity index (χ2v) is 7.23. The number of nitrogens with one attached hydrogen (secondary N) is 1. The minimum atomic E-state index is 0.0572. The van der Waals surface area contributed by atoms with Crippen LogP contribution in [-0.4, -0.2) is 66.2 Å². The summed E-state index contributed by atoms with van der Waals surface area (Å²) in [5.41, 5.74) is 0. The van der Waals surface area contributed by atoms with Crippen molar-refractivity contribution < 1.29 is 9.53 Å². The van der Waals surface area contributed by atoms with E-state index in [1.807, 2.05) is 18.0 Å². The molecule has 0 unspecified atom stereocenters. The molecule has 22 heavy (non-hydrogen) atoms. The topological polar surface area (TPSA) is 57.7 Å². The molecule has 0 saturated carbocycles. The molecule has 0 spiro atoms. The molecule has 0 bridgehead atoms. The number of hydrogen-bond donors (Lipinski definition) is 1. The Balaban J connectivity index is 1.49. The van der Waals surface area contributed by atoms with Crippen LogP contribution in [0.2, 0.25) is 0 Å². The molecular formula is C15H24N4O2S. The van der Waals surface area contributed by atoms with Crippen LogP contribution < -0.4 is 5.32 Å².